The van der Waals surface area contributed by atoms with Crippen LogP contribution in [0.15, 0.2) is 42.7 Å². The molecule has 0 aromatic carbocycles. The van der Waals surface area contributed by atoms with Gasteiger partial charge in [0.05, 0.1) is 34.2 Å². The molecule has 1 aliphatic carbocycles. The predicted molar refractivity (Wildman–Crippen MR) is 140 cm³/mol. The van der Waals surface area contributed by atoms with Crippen molar-refractivity contribution in [3.8, 4) is 28.0 Å². The fourth-order valence-electron chi connectivity index (χ4n) is 4.36. The summed E-state index contributed by atoms with van der Waals surface area (Å²) in [6.45, 7) is 5.73. The Bertz CT molecular complexity index is 1510. The number of nitrogens with zero attached hydrogens (tertiary/aromatic N) is 6. The minimum atomic E-state index is 0.00651. The summed E-state index contributed by atoms with van der Waals surface area (Å²) in [7, 11) is 0. The lowest BCUT2D eigenvalue weighted by molar-refractivity contribution is -0.119. The summed E-state index contributed by atoms with van der Waals surface area (Å²) in [5.41, 5.74) is 5.95. The van der Waals surface area contributed by atoms with Crippen LogP contribution in [-0.2, 0) is 4.79 Å². The first-order chi connectivity index (χ1) is 17.4. The van der Waals surface area contributed by atoms with E-state index in [1.54, 1.807) is 35.0 Å². The normalized spacial score (nSPS) is 15.5. The number of hydrogen-bond donors (Lipinski definition) is 2. The molecule has 0 radical (unpaired) electrons. The van der Waals surface area contributed by atoms with E-state index in [-0.39, 0.29) is 18.0 Å². The van der Waals surface area contributed by atoms with Gasteiger partial charge in [0.2, 0.25) is 5.91 Å². The van der Waals surface area contributed by atoms with Crippen LogP contribution in [0.25, 0.3) is 33.0 Å². The first kappa shape index (κ1) is 23.6. The molecule has 182 valence electrons. The molecule has 1 unspecified atom stereocenters. The smallest absolute Gasteiger partial charge is 0.217 e. The number of fused-ring (bicyclic) bond motifs is 1. The number of nitrogens with one attached hydrogen (secondary N) is 2. The fourth-order valence-corrected chi connectivity index (χ4v) is 5.29. The second-order valence-electron chi connectivity index (χ2n) is 9.14. The Balaban J connectivity index is 1.46. The zero-order valence-electron chi connectivity index (χ0n) is 20.3. The topological polar surface area (TPSA) is 121 Å². The van der Waals surface area contributed by atoms with Gasteiger partial charge in [-0.05, 0) is 62.9 Å². The van der Waals surface area contributed by atoms with Crippen molar-refractivity contribution in [2.24, 2.45) is 0 Å². The Morgan fingerprint density at radius 1 is 1.22 bits per heavy atom. The largest absolute Gasteiger partial charge is 0.382 e. The van der Waals surface area contributed by atoms with E-state index in [9.17, 15) is 4.79 Å². The lowest BCUT2D eigenvalue weighted by Gasteiger charge is -2.21. The van der Waals surface area contributed by atoms with Crippen molar-refractivity contribution >= 4 is 34.0 Å². The van der Waals surface area contributed by atoms with Crippen molar-refractivity contribution in [2.75, 3.05) is 5.32 Å². The second-order valence-corrected chi connectivity index (χ2v) is 10.1. The van der Waals surface area contributed by atoms with Crippen LogP contribution in [-0.4, -0.2) is 42.8 Å². The van der Waals surface area contributed by atoms with E-state index in [1.165, 1.54) is 5.57 Å². The number of carbonyl (C=O) groups is 1. The average Bonchev–Trinajstić information content (AvgIpc) is 3.51. The summed E-state index contributed by atoms with van der Waals surface area (Å²) >= 11 is 1.55. The second kappa shape index (κ2) is 9.87. The van der Waals surface area contributed by atoms with Gasteiger partial charge in [0, 0.05) is 30.9 Å². The molecule has 36 heavy (non-hydrogen) atoms. The van der Waals surface area contributed by atoms with Crippen molar-refractivity contribution in [1.29, 1.82) is 5.26 Å². The van der Waals surface area contributed by atoms with Crippen LogP contribution in [0.1, 0.15) is 50.6 Å². The van der Waals surface area contributed by atoms with E-state index in [0.29, 0.717) is 5.56 Å². The maximum Gasteiger partial charge on any atom is 0.217 e. The fraction of sp³-hybridized carbons (Fsp3) is 0.308. The SMILES string of the molecule is CC(=O)NC1CC=C(c2nnc(-c3cnc(-c4ccc5cc(C#N)cnn45)cc3NC(C)C)s2)CC1. The van der Waals surface area contributed by atoms with Crippen LogP contribution in [0, 0.1) is 11.3 Å². The van der Waals surface area contributed by atoms with Gasteiger partial charge < -0.3 is 10.6 Å². The lowest BCUT2D eigenvalue weighted by Crippen LogP contribution is -2.33. The molecule has 2 N–H and O–H groups in total. The Kier molecular flexibility index (Phi) is 6.48. The van der Waals surface area contributed by atoms with E-state index < -0.39 is 0 Å². The average molecular weight is 499 g/mol. The molecule has 0 fully saturated rings. The van der Waals surface area contributed by atoms with E-state index >= 15 is 0 Å². The van der Waals surface area contributed by atoms with Gasteiger partial charge in [0.15, 0.2) is 5.01 Å². The van der Waals surface area contributed by atoms with Gasteiger partial charge in [-0.2, -0.15) is 10.4 Å². The number of amides is 1. The molecule has 4 heterocycles. The lowest BCUT2D eigenvalue weighted by atomic mass is 9.95. The zero-order valence-corrected chi connectivity index (χ0v) is 21.1. The van der Waals surface area contributed by atoms with Crippen molar-refractivity contribution in [3.63, 3.8) is 0 Å². The van der Waals surface area contributed by atoms with Crippen LogP contribution in [0.5, 0.6) is 0 Å². The molecule has 0 saturated heterocycles. The highest BCUT2D eigenvalue weighted by Crippen LogP contribution is 2.37. The van der Waals surface area contributed by atoms with Gasteiger partial charge in [-0.3, -0.25) is 9.78 Å². The van der Waals surface area contributed by atoms with E-state index in [0.717, 1.165) is 57.4 Å². The van der Waals surface area contributed by atoms with Crippen LogP contribution >= 0.6 is 11.3 Å². The molecule has 1 amide bonds. The third-order valence-corrected chi connectivity index (χ3v) is 7.02. The summed E-state index contributed by atoms with van der Waals surface area (Å²) in [6.07, 6.45) is 8.09. The quantitative estimate of drug-likeness (QED) is 0.396. The number of allylic oxidation sites excluding steroid dienone is 1. The number of nitriles is 1. The molecule has 5 rings (SSSR count). The third kappa shape index (κ3) is 4.83. The maximum atomic E-state index is 11.3. The van der Waals surface area contributed by atoms with Crippen LogP contribution in [0.2, 0.25) is 0 Å². The van der Waals surface area contributed by atoms with Gasteiger partial charge in [0.1, 0.15) is 11.1 Å². The van der Waals surface area contributed by atoms with Crippen LogP contribution in [0.3, 0.4) is 0 Å². The number of rotatable bonds is 6. The maximum absolute atomic E-state index is 11.3. The Hall–Kier alpha value is -4.10. The summed E-state index contributed by atoms with van der Waals surface area (Å²) in [4.78, 5) is 16.1. The first-order valence-electron chi connectivity index (χ1n) is 11.9. The number of carbonyl (C=O) groups excluding carboxylic acids is 1. The molecule has 1 atom stereocenters. The Labute approximate surface area is 212 Å². The molecule has 0 bridgehead atoms. The standard InChI is InChI=1S/C26H26N8OS/c1-15(2)30-22-11-23(24-9-8-20-10-17(12-27)13-29-34(20)24)28-14-21(22)26-33-32-25(36-26)18-4-6-19(7-5-18)31-16(3)35/h4,8-11,13-15,19H,5-7H2,1-3H3,(H,28,30)(H,31,35). The zero-order chi connectivity index (χ0) is 25.2. The molecular formula is C26H26N8OS. The van der Waals surface area contributed by atoms with Crippen LogP contribution in [0.4, 0.5) is 5.69 Å². The van der Waals surface area contributed by atoms with Crippen molar-refractivity contribution in [2.45, 2.75) is 52.1 Å². The number of anilines is 1. The molecule has 0 spiro atoms. The minimum Gasteiger partial charge on any atom is -0.382 e. The van der Waals surface area contributed by atoms with Gasteiger partial charge in [-0.1, -0.05) is 17.4 Å². The highest BCUT2D eigenvalue weighted by atomic mass is 32.1. The summed E-state index contributed by atoms with van der Waals surface area (Å²) in [5, 5.41) is 30.8. The van der Waals surface area contributed by atoms with Gasteiger partial charge in [-0.15, -0.1) is 10.2 Å². The Morgan fingerprint density at radius 3 is 2.78 bits per heavy atom. The molecule has 9 nitrogen and oxygen atoms in total. The molecule has 10 heteroatoms. The van der Waals surface area contributed by atoms with E-state index in [2.05, 4.69) is 51.9 Å². The van der Waals surface area contributed by atoms with Gasteiger partial charge in [0.25, 0.3) is 0 Å². The molecule has 0 saturated carbocycles. The summed E-state index contributed by atoms with van der Waals surface area (Å²) in [5.74, 6) is 0.00651. The highest BCUT2D eigenvalue weighted by molar-refractivity contribution is 7.15. The van der Waals surface area contributed by atoms with E-state index in [1.807, 2.05) is 24.4 Å². The van der Waals surface area contributed by atoms with Gasteiger partial charge >= 0.3 is 0 Å². The van der Waals surface area contributed by atoms with Crippen LogP contribution < -0.4 is 10.6 Å². The Morgan fingerprint density at radius 2 is 2.06 bits per heavy atom. The van der Waals surface area contributed by atoms with E-state index in [4.69, 9.17) is 10.2 Å². The predicted octanol–water partition coefficient (Wildman–Crippen LogP) is 4.68. The van der Waals surface area contributed by atoms with Gasteiger partial charge in [-0.25, -0.2) is 4.52 Å². The molecule has 4 aromatic heterocycles. The number of hydrogen-bond acceptors (Lipinski definition) is 8. The molecule has 4 aromatic rings. The number of aromatic nitrogens is 5. The van der Waals surface area contributed by atoms with Crippen molar-refractivity contribution in [3.05, 3.63) is 53.3 Å². The summed E-state index contributed by atoms with van der Waals surface area (Å²) in [6, 6.07) is 10.2. The first-order valence-corrected chi connectivity index (χ1v) is 12.7. The molecule has 1 aliphatic rings. The monoisotopic (exact) mass is 498 g/mol. The van der Waals surface area contributed by atoms with Crippen molar-refractivity contribution in [1.82, 2.24) is 30.1 Å². The number of pyridine rings is 1. The summed E-state index contributed by atoms with van der Waals surface area (Å²) < 4.78 is 1.79. The molecule has 0 aliphatic heterocycles. The highest BCUT2D eigenvalue weighted by Gasteiger charge is 2.21. The third-order valence-electron chi connectivity index (χ3n) is 5.99. The minimum absolute atomic E-state index is 0.00651. The molecular weight excluding hydrogens is 472 g/mol. The van der Waals surface area contributed by atoms with Crippen molar-refractivity contribution < 1.29 is 4.79 Å².